The first-order chi connectivity index (χ1) is 25.2. The van der Waals surface area contributed by atoms with Crippen molar-refractivity contribution in [3.05, 3.63) is 81.5 Å². The summed E-state index contributed by atoms with van der Waals surface area (Å²) in [6, 6.07) is 14.8. The number of carbonyl (C=O) groups is 1. The molecule has 1 aliphatic carbocycles. The Morgan fingerprint density at radius 2 is 1.74 bits per heavy atom. The molecule has 0 spiro atoms. The quantitative estimate of drug-likeness (QED) is 0.0626. The van der Waals surface area contributed by atoms with E-state index in [4.69, 9.17) is 25.4 Å². The number of aliphatic hydroxyl groups is 3. The summed E-state index contributed by atoms with van der Waals surface area (Å²) in [6.45, 7) is 1.83. The van der Waals surface area contributed by atoms with Gasteiger partial charge in [0, 0.05) is 30.2 Å². The molecule has 0 saturated carbocycles. The minimum absolute atomic E-state index is 0.0270. The van der Waals surface area contributed by atoms with Gasteiger partial charge in [0.25, 0.3) is 0 Å². The third-order valence-electron chi connectivity index (χ3n) is 9.82. The topological polar surface area (TPSA) is 284 Å². The number of hydrogen-bond donors (Lipinski definition) is 10. The highest BCUT2D eigenvalue weighted by molar-refractivity contribution is 5.94. The molecular weight excluding hydrogens is 692 g/mol. The first kappa shape index (κ1) is 37.1. The molecular formula is C37H40N4O12. The molecule has 7 atom stereocenters. The van der Waals surface area contributed by atoms with E-state index >= 15 is 0 Å². The van der Waals surface area contributed by atoms with Gasteiger partial charge in [-0.25, -0.2) is 4.79 Å². The Labute approximate surface area is 301 Å². The number of guanidine groups is 1. The minimum atomic E-state index is -2.73. The molecule has 3 aromatic carbocycles. The predicted octanol–water partition coefficient (Wildman–Crippen LogP) is 1.37. The zero-order chi connectivity index (χ0) is 38.4. The monoisotopic (exact) mass is 732 g/mol. The van der Waals surface area contributed by atoms with Crippen LogP contribution in [0.5, 0.6) is 23.0 Å². The van der Waals surface area contributed by atoms with Crippen LogP contribution in [0.4, 0.5) is 0 Å². The lowest BCUT2D eigenvalue weighted by Crippen LogP contribution is -2.70. The summed E-state index contributed by atoms with van der Waals surface area (Å²) in [5.74, 6) is -4.84. The van der Waals surface area contributed by atoms with E-state index in [1.54, 1.807) is 12.1 Å². The smallest absolute Gasteiger partial charge is 0.335 e. The number of phenolic OH excluding ortho intramolecular Hbond substituents is 3. The van der Waals surface area contributed by atoms with E-state index in [2.05, 4.69) is 23.3 Å². The van der Waals surface area contributed by atoms with Gasteiger partial charge in [0.1, 0.15) is 40.3 Å². The van der Waals surface area contributed by atoms with Crippen LogP contribution in [0.15, 0.2) is 68.8 Å². The molecule has 6 rings (SSSR count). The number of carboxylic acid groups (broad SMARTS) is 1. The van der Waals surface area contributed by atoms with E-state index < -0.39 is 76.7 Å². The Bertz CT molecular complexity index is 2180. The highest BCUT2D eigenvalue weighted by atomic mass is 16.7. The first-order valence-corrected chi connectivity index (χ1v) is 16.7. The van der Waals surface area contributed by atoms with Crippen LogP contribution in [0.3, 0.4) is 0 Å². The van der Waals surface area contributed by atoms with Crippen LogP contribution >= 0.6 is 0 Å². The van der Waals surface area contributed by atoms with Crippen molar-refractivity contribution >= 4 is 34.5 Å². The van der Waals surface area contributed by atoms with E-state index in [0.717, 1.165) is 29.7 Å². The molecule has 16 heteroatoms. The zero-order valence-electron chi connectivity index (χ0n) is 28.6. The third kappa shape index (κ3) is 6.62. The predicted molar refractivity (Wildman–Crippen MR) is 192 cm³/mol. The van der Waals surface area contributed by atoms with Gasteiger partial charge in [-0.1, -0.05) is 37.3 Å². The second kappa shape index (κ2) is 14.4. The number of nitrogens with two attached hydrogens (primary N) is 2. The number of aromatic hydroxyl groups is 3. The van der Waals surface area contributed by atoms with Crippen molar-refractivity contribution in [2.75, 3.05) is 20.1 Å². The summed E-state index contributed by atoms with van der Waals surface area (Å²) >= 11 is 0. The van der Waals surface area contributed by atoms with Crippen LogP contribution in [0, 0.1) is 5.92 Å². The van der Waals surface area contributed by atoms with Crippen LogP contribution in [-0.4, -0.2) is 98.0 Å². The van der Waals surface area contributed by atoms with Crippen LogP contribution in [0.2, 0.25) is 0 Å². The molecule has 2 heterocycles. The Balaban J connectivity index is 1.47. The molecule has 4 aromatic rings. The number of nitrogens with zero attached hydrogens (tertiary/aromatic N) is 1. The summed E-state index contributed by atoms with van der Waals surface area (Å²) in [6.07, 6.45) is -5.87. The van der Waals surface area contributed by atoms with Crippen molar-refractivity contribution in [1.82, 2.24) is 5.32 Å². The average Bonchev–Trinajstić information content (AvgIpc) is 3.12. The highest BCUT2D eigenvalue weighted by Crippen LogP contribution is 2.48. The van der Waals surface area contributed by atoms with Gasteiger partial charge < -0.3 is 66.4 Å². The normalized spacial score (nSPS) is 25.3. The molecule has 1 aromatic heterocycles. The second-order valence-electron chi connectivity index (χ2n) is 13.1. The Morgan fingerprint density at radius 1 is 1.00 bits per heavy atom. The zero-order valence-corrected chi connectivity index (χ0v) is 28.6. The number of nitrogens with one attached hydrogen (secondary N) is 1. The number of aliphatic hydroxyl groups excluding tert-OH is 2. The molecule has 16 nitrogen and oxygen atoms in total. The van der Waals surface area contributed by atoms with E-state index in [-0.39, 0.29) is 28.9 Å². The second-order valence-corrected chi connectivity index (χ2v) is 13.1. The van der Waals surface area contributed by atoms with Gasteiger partial charge in [-0.2, -0.15) is 0 Å². The van der Waals surface area contributed by atoms with Crippen molar-refractivity contribution in [2.45, 2.75) is 49.5 Å². The maximum Gasteiger partial charge on any atom is 0.335 e. The number of fused-ring (bicyclic) bond motifs is 2. The standard InChI is InChI=1S/C37H40N4O12/c1-3-18-19-7-5-4-6-16(19)10-21(23(18)14-40-2)22-11-17(42)8-9-20(22)25-12-24(43)28-26(51-25)13-27(29(44)30(28)45)52-35-33(47)37(50,15-41-36(38)39)32(46)31(53-35)34(48)49/h4-13,18,23,31-33,35,40,42,44-47,50H,3,14-15H2,1-2H3,(H,48,49)(H4,38,39,41). The van der Waals surface area contributed by atoms with Gasteiger partial charge in [0.2, 0.25) is 12.0 Å². The van der Waals surface area contributed by atoms with Crippen molar-refractivity contribution in [1.29, 1.82) is 0 Å². The first-order valence-electron chi connectivity index (χ1n) is 16.7. The summed E-state index contributed by atoms with van der Waals surface area (Å²) in [5.41, 5.74) is 11.0. The molecule has 7 unspecified atom stereocenters. The van der Waals surface area contributed by atoms with Gasteiger partial charge in [-0.15, -0.1) is 0 Å². The molecule has 280 valence electrons. The van der Waals surface area contributed by atoms with E-state index in [9.17, 15) is 45.3 Å². The van der Waals surface area contributed by atoms with Crippen molar-refractivity contribution in [3.8, 4) is 34.3 Å². The van der Waals surface area contributed by atoms with Crippen molar-refractivity contribution in [3.63, 3.8) is 0 Å². The summed E-state index contributed by atoms with van der Waals surface area (Å²) < 4.78 is 17.0. The maximum absolute atomic E-state index is 13.6. The number of aliphatic imine (C=N–C) groups is 1. The largest absolute Gasteiger partial charge is 0.508 e. The SMILES string of the molecule is CCC1c2ccccc2C=C(c2cc(O)ccc2-c2cc(=O)c3c(O)c(O)c(OC4OC(C(=O)O)C(O)C(O)(CN=C(N)N)C4O)cc3o2)C1CNC. The number of hydrogen-bond acceptors (Lipinski definition) is 13. The molecule has 0 radical (unpaired) electrons. The molecule has 1 aliphatic heterocycles. The Kier molecular flexibility index (Phi) is 10.1. The number of aliphatic carboxylic acids is 1. The molecule has 12 N–H and O–H groups in total. The van der Waals surface area contributed by atoms with Gasteiger partial charge in [-0.05, 0) is 59.8 Å². The van der Waals surface area contributed by atoms with Crippen molar-refractivity contribution < 1.29 is 54.4 Å². The Hall–Kier alpha value is -5.65. The molecule has 1 saturated heterocycles. The summed E-state index contributed by atoms with van der Waals surface area (Å²) in [4.78, 5) is 29.1. The van der Waals surface area contributed by atoms with Crippen molar-refractivity contribution in [2.24, 2.45) is 22.4 Å². The van der Waals surface area contributed by atoms with Gasteiger partial charge in [-0.3, -0.25) is 9.79 Å². The number of benzene rings is 3. The number of phenols is 3. The third-order valence-corrected chi connectivity index (χ3v) is 9.82. The van der Waals surface area contributed by atoms with Crippen LogP contribution in [0.25, 0.3) is 33.9 Å². The number of rotatable bonds is 10. The Morgan fingerprint density at radius 3 is 2.42 bits per heavy atom. The maximum atomic E-state index is 13.6. The fourth-order valence-corrected chi connectivity index (χ4v) is 7.20. The molecule has 0 bridgehead atoms. The number of ether oxygens (including phenoxy) is 2. The average molecular weight is 733 g/mol. The van der Waals surface area contributed by atoms with E-state index in [1.807, 2.05) is 31.3 Å². The summed E-state index contributed by atoms with van der Waals surface area (Å²) in [7, 11) is 1.85. The lowest BCUT2D eigenvalue weighted by Gasteiger charge is -2.45. The highest BCUT2D eigenvalue weighted by Gasteiger charge is 2.58. The van der Waals surface area contributed by atoms with Gasteiger partial charge in [0.05, 0.1) is 6.54 Å². The van der Waals surface area contributed by atoms with Gasteiger partial charge in [0.15, 0.2) is 29.0 Å². The van der Waals surface area contributed by atoms with Crippen LogP contribution in [0.1, 0.15) is 36.0 Å². The molecule has 0 amide bonds. The fraction of sp³-hybridized carbons (Fsp3) is 0.324. The lowest BCUT2D eigenvalue weighted by molar-refractivity contribution is -0.303. The lowest BCUT2D eigenvalue weighted by atomic mass is 9.71. The minimum Gasteiger partial charge on any atom is -0.508 e. The van der Waals surface area contributed by atoms with Gasteiger partial charge >= 0.3 is 5.97 Å². The molecule has 53 heavy (non-hydrogen) atoms. The van der Waals surface area contributed by atoms with Crippen LogP contribution < -0.4 is 26.9 Å². The number of carboxylic acids is 1. The molecule has 2 aliphatic rings. The fourth-order valence-electron chi connectivity index (χ4n) is 7.20. The van der Waals surface area contributed by atoms with Crippen LogP contribution in [-0.2, 0) is 9.53 Å². The summed E-state index contributed by atoms with van der Waals surface area (Å²) in [5, 5.41) is 77.9. The van der Waals surface area contributed by atoms with E-state index in [1.165, 1.54) is 11.6 Å². The van der Waals surface area contributed by atoms with E-state index in [0.29, 0.717) is 17.7 Å². The molecule has 1 fully saturated rings.